The molecule has 31 heavy (non-hydrogen) atoms. The number of anilines is 1. The molecule has 1 aromatic carbocycles. The van der Waals surface area contributed by atoms with E-state index in [-0.39, 0.29) is 12.0 Å². The van der Waals surface area contributed by atoms with E-state index < -0.39 is 0 Å². The Morgan fingerprint density at radius 1 is 1.26 bits per heavy atom. The lowest BCUT2D eigenvalue weighted by atomic mass is 10.2. The van der Waals surface area contributed by atoms with Crippen molar-refractivity contribution < 1.29 is 14.1 Å². The van der Waals surface area contributed by atoms with Crippen LogP contribution in [0.5, 0.6) is 0 Å². The molecule has 0 aliphatic carbocycles. The number of amides is 1. The largest absolute Gasteiger partial charge is 0.368 e. The first-order valence-corrected chi connectivity index (χ1v) is 10.8. The van der Waals surface area contributed by atoms with Gasteiger partial charge in [-0.25, -0.2) is 0 Å². The number of benzene rings is 1. The van der Waals surface area contributed by atoms with Gasteiger partial charge in [0.2, 0.25) is 0 Å². The summed E-state index contributed by atoms with van der Waals surface area (Å²) in [5.41, 5.74) is 2.83. The third-order valence-electron chi connectivity index (χ3n) is 5.63. The number of nitrogens with zero attached hydrogens (tertiary/aromatic N) is 4. The van der Waals surface area contributed by atoms with Gasteiger partial charge in [-0.3, -0.25) is 14.7 Å². The number of hydrogen-bond donors (Lipinski definition) is 2. The van der Waals surface area contributed by atoms with Crippen LogP contribution in [0.3, 0.4) is 0 Å². The van der Waals surface area contributed by atoms with Gasteiger partial charge in [-0.2, -0.15) is 0 Å². The minimum absolute atomic E-state index is 0.0677. The maximum atomic E-state index is 12.3. The van der Waals surface area contributed by atoms with Crippen molar-refractivity contribution in [1.82, 2.24) is 20.3 Å². The molecule has 2 aromatic rings. The first-order chi connectivity index (χ1) is 15.2. The van der Waals surface area contributed by atoms with Gasteiger partial charge in [0, 0.05) is 64.7 Å². The molecule has 0 saturated carbocycles. The number of aliphatic imine (C=N–C) groups is 1. The summed E-state index contributed by atoms with van der Waals surface area (Å²) < 4.78 is 10.4. The molecule has 9 heteroatoms. The number of nitrogens with one attached hydrogen (secondary N) is 2. The second-order valence-corrected chi connectivity index (χ2v) is 7.85. The third kappa shape index (κ3) is 5.83. The zero-order chi connectivity index (χ0) is 21.5. The summed E-state index contributed by atoms with van der Waals surface area (Å²) >= 11 is 0. The monoisotopic (exact) mass is 426 g/mol. The Balaban J connectivity index is 1.25. The van der Waals surface area contributed by atoms with Gasteiger partial charge < -0.3 is 24.8 Å². The van der Waals surface area contributed by atoms with Crippen molar-refractivity contribution in [2.75, 3.05) is 45.2 Å². The average Bonchev–Trinajstić information content (AvgIpc) is 3.50. The fraction of sp³-hybridized carbons (Fsp3) is 0.500. The highest BCUT2D eigenvalue weighted by Crippen LogP contribution is 2.16. The van der Waals surface area contributed by atoms with E-state index in [1.54, 1.807) is 6.26 Å². The van der Waals surface area contributed by atoms with Gasteiger partial charge in [0.25, 0.3) is 5.91 Å². The first kappa shape index (κ1) is 21.3. The van der Waals surface area contributed by atoms with Gasteiger partial charge in [0.1, 0.15) is 12.4 Å². The normalized spacial score (nSPS) is 20.1. The van der Waals surface area contributed by atoms with Crippen molar-refractivity contribution in [3.05, 3.63) is 47.9 Å². The molecule has 0 spiro atoms. The molecule has 2 saturated heterocycles. The predicted octanol–water partition coefficient (Wildman–Crippen LogP) is 1.69. The molecule has 2 N–H and O–H groups in total. The Kier molecular flexibility index (Phi) is 7.16. The highest BCUT2D eigenvalue weighted by molar-refractivity contribution is 5.94. The number of hydrogen-bond acceptors (Lipinski definition) is 6. The Bertz CT molecular complexity index is 871. The van der Waals surface area contributed by atoms with Crippen molar-refractivity contribution in [2.24, 2.45) is 4.99 Å². The van der Waals surface area contributed by atoms with Gasteiger partial charge in [0.05, 0.1) is 5.69 Å². The molecular formula is C22H30N6O3. The van der Waals surface area contributed by atoms with Crippen molar-refractivity contribution in [3.8, 4) is 0 Å². The van der Waals surface area contributed by atoms with Crippen molar-refractivity contribution in [2.45, 2.75) is 32.0 Å². The second-order valence-electron chi connectivity index (χ2n) is 7.85. The molecule has 1 amide bonds. The number of carbonyl (C=O) groups is 1. The van der Waals surface area contributed by atoms with Crippen LogP contribution in [0.1, 0.15) is 24.1 Å². The Labute approximate surface area is 182 Å². The van der Waals surface area contributed by atoms with E-state index in [0.29, 0.717) is 13.2 Å². The molecule has 9 nitrogen and oxygen atoms in total. The lowest BCUT2D eigenvalue weighted by Gasteiger charge is -2.36. The van der Waals surface area contributed by atoms with Crippen LogP contribution in [0.4, 0.5) is 5.69 Å². The number of aromatic nitrogens is 1. The van der Waals surface area contributed by atoms with Crippen LogP contribution in [0.2, 0.25) is 0 Å². The van der Waals surface area contributed by atoms with Crippen LogP contribution >= 0.6 is 0 Å². The molecule has 0 bridgehead atoms. The van der Waals surface area contributed by atoms with Gasteiger partial charge in [0.15, 0.2) is 5.96 Å². The predicted molar refractivity (Wildman–Crippen MR) is 118 cm³/mol. The van der Waals surface area contributed by atoms with Crippen LogP contribution in [-0.4, -0.2) is 72.8 Å². The summed E-state index contributed by atoms with van der Waals surface area (Å²) in [7, 11) is 1.81. The molecule has 0 radical (unpaired) electrons. The molecule has 1 atom stereocenters. The summed E-state index contributed by atoms with van der Waals surface area (Å²) in [6.07, 6.45) is 3.01. The van der Waals surface area contributed by atoms with Crippen LogP contribution in [-0.2, 0) is 22.6 Å². The summed E-state index contributed by atoms with van der Waals surface area (Å²) in [4.78, 5) is 21.4. The van der Waals surface area contributed by atoms with Crippen LogP contribution in [0.25, 0.3) is 0 Å². The number of carbonyl (C=O) groups excluding carboxylic acids is 1. The molecular weight excluding hydrogens is 396 g/mol. The summed E-state index contributed by atoms with van der Waals surface area (Å²) in [5, 5.41) is 10.4. The van der Waals surface area contributed by atoms with E-state index in [4.69, 9.17) is 9.26 Å². The molecule has 1 unspecified atom stereocenters. The zero-order valence-electron chi connectivity index (χ0n) is 17.9. The van der Waals surface area contributed by atoms with Gasteiger partial charge in [-0.15, -0.1) is 0 Å². The molecule has 3 heterocycles. The van der Waals surface area contributed by atoms with E-state index in [1.807, 2.05) is 37.4 Å². The minimum atomic E-state index is -0.330. The van der Waals surface area contributed by atoms with Crippen molar-refractivity contribution in [1.29, 1.82) is 0 Å². The Morgan fingerprint density at radius 3 is 2.84 bits per heavy atom. The minimum Gasteiger partial charge on any atom is -0.368 e. The smallest absolute Gasteiger partial charge is 0.253 e. The summed E-state index contributed by atoms with van der Waals surface area (Å²) in [5.74, 6) is 0.816. The third-order valence-corrected chi connectivity index (χ3v) is 5.63. The highest BCUT2D eigenvalue weighted by atomic mass is 16.5. The SMILES string of the molecule is CN=C(NCc1cccc(NC(=O)C2CCCO2)c1)N1CCN(Cc2ccon2)CC1. The number of guanidine groups is 1. The Morgan fingerprint density at radius 2 is 2.13 bits per heavy atom. The van der Waals surface area contributed by atoms with Crippen molar-refractivity contribution in [3.63, 3.8) is 0 Å². The molecule has 2 aliphatic rings. The first-order valence-electron chi connectivity index (χ1n) is 10.8. The number of ether oxygens (including phenoxy) is 1. The van der Waals surface area contributed by atoms with Crippen LogP contribution < -0.4 is 10.6 Å². The maximum absolute atomic E-state index is 12.3. The second kappa shape index (κ2) is 10.4. The van der Waals surface area contributed by atoms with E-state index in [9.17, 15) is 4.79 Å². The van der Waals surface area contributed by atoms with Crippen molar-refractivity contribution >= 4 is 17.6 Å². The van der Waals surface area contributed by atoms with Crippen LogP contribution in [0, 0.1) is 0 Å². The van der Waals surface area contributed by atoms with E-state index in [0.717, 1.165) is 68.5 Å². The topological polar surface area (TPSA) is 95.2 Å². The van der Waals surface area contributed by atoms with Gasteiger partial charge >= 0.3 is 0 Å². The quantitative estimate of drug-likeness (QED) is 0.536. The van der Waals surface area contributed by atoms with E-state index in [2.05, 4.69) is 30.6 Å². The molecule has 1 aromatic heterocycles. The lowest BCUT2D eigenvalue weighted by Crippen LogP contribution is -2.52. The molecule has 2 aliphatic heterocycles. The number of rotatable bonds is 6. The van der Waals surface area contributed by atoms with Crippen LogP contribution in [0.15, 0.2) is 46.1 Å². The highest BCUT2D eigenvalue weighted by Gasteiger charge is 2.23. The fourth-order valence-electron chi connectivity index (χ4n) is 3.95. The summed E-state index contributed by atoms with van der Waals surface area (Å²) in [6.45, 7) is 5.78. The van der Waals surface area contributed by atoms with Gasteiger partial charge in [-0.05, 0) is 30.5 Å². The molecule has 4 rings (SSSR count). The molecule has 166 valence electrons. The Hall–Kier alpha value is -2.91. The maximum Gasteiger partial charge on any atom is 0.253 e. The zero-order valence-corrected chi connectivity index (χ0v) is 17.9. The molecule has 2 fully saturated rings. The van der Waals surface area contributed by atoms with E-state index >= 15 is 0 Å². The number of piperazine rings is 1. The standard InChI is InChI=1S/C22H30N6O3/c1-23-22(28-10-8-27(9-11-28)16-19-7-13-31-26-19)24-15-17-4-2-5-18(14-17)25-21(29)20-6-3-12-30-20/h2,4-5,7,13-14,20H,3,6,8-12,15-16H2,1H3,(H,23,24)(H,25,29). The van der Waals surface area contributed by atoms with E-state index in [1.165, 1.54) is 0 Å². The fourth-order valence-corrected chi connectivity index (χ4v) is 3.95. The van der Waals surface area contributed by atoms with Gasteiger partial charge in [-0.1, -0.05) is 17.3 Å². The summed E-state index contributed by atoms with van der Waals surface area (Å²) in [6, 6.07) is 9.79. The lowest BCUT2D eigenvalue weighted by molar-refractivity contribution is -0.124. The average molecular weight is 427 g/mol.